The lowest BCUT2D eigenvalue weighted by molar-refractivity contribution is 0.299. The van der Waals surface area contributed by atoms with Crippen molar-refractivity contribution in [3.05, 3.63) is 0 Å². The third-order valence-electron chi connectivity index (χ3n) is 0.309. The molecule has 0 aromatic heterocycles. The lowest BCUT2D eigenvalue weighted by atomic mass is 10.7. The summed E-state index contributed by atoms with van der Waals surface area (Å²) in [7, 11) is 0. The average molecular weight is 88.1 g/mol. The van der Waals surface area contributed by atoms with Crippen LogP contribution >= 0.6 is 0 Å². The van der Waals surface area contributed by atoms with E-state index in [1.165, 1.54) is 6.41 Å². The number of hydrogen-bond donors (Lipinski definition) is 2. The lowest BCUT2D eigenvalue weighted by Crippen LogP contribution is -2.14. The summed E-state index contributed by atoms with van der Waals surface area (Å²) in [5.74, 6) is 0. The molecule has 3 heteroatoms. The summed E-state index contributed by atoms with van der Waals surface area (Å²) in [6, 6.07) is 0. The molecule has 0 aromatic carbocycles. The molecule has 1 amide bonds. The molecule has 0 saturated carbocycles. The van der Waals surface area contributed by atoms with E-state index in [-0.39, 0.29) is 6.61 Å². The topological polar surface area (TPSA) is 49.3 Å². The lowest BCUT2D eigenvalue weighted by Gasteiger charge is -1.84. The summed E-state index contributed by atoms with van der Waals surface area (Å²) in [5, 5.41) is 10.1. The summed E-state index contributed by atoms with van der Waals surface area (Å²) in [5.41, 5.74) is 0. The molecule has 0 aliphatic carbocycles. The standard InChI is InChI=1S/C3H6NO2/c5-2-1-4-3-6/h5H,1-2H2,(H,4,6). The minimum absolute atomic E-state index is 0.0186. The quantitative estimate of drug-likeness (QED) is 0.330. The molecule has 0 aliphatic heterocycles. The number of aliphatic hydroxyl groups is 1. The molecule has 0 rings (SSSR count). The molecule has 0 saturated heterocycles. The van der Waals surface area contributed by atoms with Crippen LogP contribution in [0.5, 0.6) is 0 Å². The van der Waals surface area contributed by atoms with Crippen molar-refractivity contribution >= 4 is 6.41 Å². The van der Waals surface area contributed by atoms with Gasteiger partial charge in [0.25, 0.3) is 0 Å². The summed E-state index contributed by atoms with van der Waals surface area (Å²) in [4.78, 5) is 9.22. The van der Waals surface area contributed by atoms with Crippen molar-refractivity contribution in [2.75, 3.05) is 13.2 Å². The highest BCUT2D eigenvalue weighted by molar-refractivity contribution is 5.46. The second-order valence-electron chi connectivity index (χ2n) is 0.752. The van der Waals surface area contributed by atoms with Crippen molar-refractivity contribution in [2.45, 2.75) is 0 Å². The van der Waals surface area contributed by atoms with Gasteiger partial charge in [0.2, 0.25) is 0 Å². The van der Waals surface area contributed by atoms with E-state index < -0.39 is 0 Å². The van der Waals surface area contributed by atoms with E-state index in [1.54, 1.807) is 0 Å². The van der Waals surface area contributed by atoms with Gasteiger partial charge in [-0.2, -0.15) is 0 Å². The molecule has 35 valence electrons. The van der Waals surface area contributed by atoms with Crippen LogP contribution in [0, 0.1) is 0 Å². The van der Waals surface area contributed by atoms with E-state index in [4.69, 9.17) is 5.11 Å². The highest BCUT2D eigenvalue weighted by Gasteiger charge is 1.72. The minimum Gasteiger partial charge on any atom is -0.395 e. The van der Waals surface area contributed by atoms with Gasteiger partial charge < -0.3 is 10.4 Å². The van der Waals surface area contributed by atoms with Gasteiger partial charge in [-0.05, 0) is 0 Å². The van der Waals surface area contributed by atoms with E-state index in [0.717, 1.165) is 0 Å². The Morgan fingerprint density at radius 1 is 1.83 bits per heavy atom. The number of amides is 1. The van der Waals surface area contributed by atoms with Crippen LogP contribution < -0.4 is 5.32 Å². The van der Waals surface area contributed by atoms with Gasteiger partial charge in [0.1, 0.15) is 0 Å². The first-order chi connectivity index (χ1) is 2.91. The zero-order valence-electron chi connectivity index (χ0n) is 3.27. The molecular formula is C3H6NO2. The Morgan fingerprint density at radius 2 is 2.50 bits per heavy atom. The van der Waals surface area contributed by atoms with Gasteiger partial charge in [0.15, 0.2) is 0 Å². The van der Waals surface area contributed by atoms with E-state index in [9.17, 15) is 4.79 Å². The first-order valence-corrected chi connectivity index (χ1v) is 1.62. The number of hydrogen-bond acceptors (Lipinski definition) is 2. The second-order valence-corrected chi connectivity index (χ2v) is 0.752. The predicted molar refractivity (Wildman–Crippen MR) is 20.8 cm³/mol. The highest BCUT2D eigenvalue weighted by atomic mass is 16.3. The van der Waals surface area contributed by atoms with Gasteiger partial charge in [0, 0.05) is 6.54 Å². The van der Waals surface area contributed by atoms with Gasteiger partial charge >= 0.3 is 6.41 Å². The number of carbonyl (C=O) groups excluding carboxylic acids is 1. The monoisotopic (exact) mass is 88.0 g/mol. The maximum atomic E-state index is 9.22. The summed E-state index contributed by atoms with van der Waals surface area (Å²) < 4.78 is 0. The second kappa shape index (κ2) is 4.43. The van der Waals surface area contributed by atoms with E-state index in [2.05, 4.69) is 5.32 Å². The third kappa shape index (κ3) is 3.43. The summed E-state index contributed by atoms with van der Waals surface area (Å²) in [6.07, 6.45) is 1.41. The highest BCUT2D eigenvalue weighted by Crippen LogP contribution is 1.44. The predicted octanol–water partition coefficient (Wildman–Crippen LogP) is -1.36. The molecule has 1 radical (unpaired) electrons. The Balaban J connectivity index is 2.49. The molecule has 6 heavy (non-hydrogen) atoms. The van der Waals surface area contributed by atoms with Crippen LogP contribution in [0.3, 0.4) is 0 Å². The van der Waals surface area contributed by atoms with Crippen molar-refractivity contribution in [2.24, 2.45) is 0 Å². The maximum Gasteiger partial charge on any atom is 0.309 e. The van der Waals surface area contributed by atoms with Gasteiger partial charge in [-0.25, -0.2) is 0 Å². The number of aliphatic hydroxyl groups excluding tert-OH is 1. The number of rotatable bonds is 3. The first-order valence-electron chi connectivity index (χ1n) is 1.62. The third-order valence-corrected chi connectivity index (χ3v) is 0.309. The fourth-order valence-corrected chi connectivity index (χ4v) is 0.107. The van der Waals surface area contributed by atoms with E-state index in [1.807, 2.05) is 0 Å². The molecular weight excluding hydrogens is 82.0 g/mol. The minimum atomic E-state index is -0.0186. The van der Waals surface area contributed by atoms with Crippen molar-refractivity contribution in [3.8, 4) is 0 Å². The molecule has 0 bridgehead atoms. The van der Waals surface area contributed by atoms with Gasteiger partial charge in [-0.3, -0.25) is 4.79 Å². The van der Waals surface area contributed by atoms with Crippen LogP contribution in [0.25, 0.3) is 0 Å². The van der Waals surface area contributed by atoms with Gasteiger partial charge in [-0.15, -0.1) is 0 Å². The van der Waals surface area contributed by atoms with Crippen molar-refractivity contribution in [1.29, 1.82) is 0 Å². The zero-order valence-corrected chi connectivity index (χ0v) is 3.27. The van der Waals surface area contributed by atoms with Crippen LogP contribution in [0.15, 0.2) is 0 Å². The zero-order chi connectivity index (χ0) is 4.83. The SMILES string of the molecule is O=[C]NCCO. The van der Waals surface area contributed by atoms with Crippen molar-refractivity contribution in [3.63, 3.8) is 0 Å². The fourth-order valence-electron chi connectivity index (χ4n) is 0.107. The van der Waals surface area contributed by atoms with Crippen molar-refractivity contribution in [1.82, 2.24) is 5.32 Å². The van der Waals surface area contributed by atoms with Gasteiger partial charge in [0.05, 0.1) is 6.61 Å². The Labute approximate surface area is 36.0 Å². The van der Waals surface area contributed by atoms with Crippen LogP contribution in [-0.4, -0.2) is 24.7 Å². The Hall–Kier alpha value is -0.570. The Bertz CT molecular complexity index is 37.8. The summed E-state index contributed by atoms with van der Waals surface area (Å²) in [6.45, 7) is 0.277. The molecule has 0 aliphatic rings. The molecule has 2 N–H and O–H groups in total. The molecule has 0 spiro atoms. The van der Waals surface area contributed by atoms with E-state index >= 15 is 0 Å². The normalized spacial score (nSPS) is 7.50. The van der Waals surface area contributed by atoms with Gasteiger partial charge in [-0.1, -0.05) is 0 Å². The molecule has 0 atom stereocenters. The van der Waals surface area contributed by atoms with Crippen LogP contribution in [0.1, 0.15) is 0 Å². The Morgan fingerprint density at radius 3 is 2.67 bits per heavy atom. The van der Waals surface area contributed by atoms with Crippen LogP contribution in [0.2, 0.25) is 0 Å². The van der Waals surface area contributed by atoms with E-state index in [0.29, 0.717) is 6.54 Å². The average Bonchev–Trinajstić information content (AvgIpc) is 1.61. The molecule has 0 heterocycles. The fraction of sp³-hybridized carbons (Fsp3) is 0.667. The van der Waals surface area contributed by atoms with Crippen LogP contribution in [-0.2, 0) is 4.79 Å². The molecule has 0 fully saturated rings. The maximum absolute atomic E-state index is 9.22. The molecule has 0 aromatic rings. The largest absolute Gasteiger partial charge is 0.395 e. The first kappa shape index (κ1) is 5.43. The van der Waals surface area contributed by atoms with Crippen molar-refractivity contribution < 1.29 is 9.90 Å². The molecule has 3 nitrogen and oxygen atoms in total. The number of nitrogens with one attached hydrogen (secondary N) is 1. The summed E-state index contributed by atoms with van der Waals surface area (Å²) >= 11 is 0. The Kier molecular flexibility index (Phi) is 4.01. The molecule has 0 unspecified atom stereocenters. The smallest absolute Gasteiger partial charge is 0.309 e. The van der Waals surface area contributed by atoms with Crippen LogP contribution in [0.4, 0.5) is 0 Å².